The summed E-state index contributed by atoms with van der Waals surface area (Å²) in [6.07, 6.45) is 2.69. The summed E-state index contributed by atoms with van der Waals surface area (Å²) >= 11 is 3.22. The summed E-state index contributed by atoms with van der Waals surface area (Å²) in [6.45, 7) is 2.76. The molecule has 0 aliphatic heterocycles. The molecule has 3 nitrogen and oxygen atoms in total. The normalized spacial score (nSPS) is 11.2. The molecule has 0 unspecified atom stereocenters. The largest absolute Gasteiger partial charge is 0.293 e. The molecule has 0 aliphatic carbocycles. The van der Waals surface area contributed by atoms with Crippen molar-refractivity contribution in [1.29, 1.82) is 0 Å². The van der Waals surface area contributed by atoms with E-state index in [4.69, 9.17) is 0 Å². The molecule has 3 heterocycles. The molecule has 0 aliphatic rings. The van der Waals surface area contributed by atoms with E-state index in [-0.39, 0.29) is 5.56 Å². The van der Waals surface area contributed by atoms with Crippen LogP contribution in [-0.2, 0) is 13.0 Å². The van der Waals surface area contributed by atoms with Crippen LogP contribution in [0.15, 0.2) is 34.7 Å². The van der Waals surface area contributed by atoms with Crippen LogP contribution in [0.4, 0.5) is 0 Å². The predicted molar refractivity (Wildman–Crippen MR) is 76.7 cm³/mol. The van der Waals surface area contributed by atoms with Crippen LogP contribution in [0.3, 0.4) is 0 Å². The Kier molecular flexibility index (Phi) is 3.01. The molecule has 0 spiro atoms. The summed E-state index contributed by atoms with van der Waals surface area (Å²) in [4.78, 5) is 19.1. The molecular weight excluding hydrogens is 264 g/mol. The van der Waals surface area contributed by atoms with Gasteiger partial charge in [0.15, 0.2) is 0 Å². The van der Waals surface area contributed by atoms with Gasteiger partial charge in [0.25, 0.3) is 5.56 Å². The Hall–Kier alpha value is -1.46. The van der Waals surface area contributed by atoms with Gasteiger partial charge in [-0.25, -0.2) is 4.98 Å². The molecule has 0 saturated carbocycles. The Labute approximate surface area is 112 Å². The van der Waals surface area contributed by atoms with E-state index in [1.165, 1.54) is 21.1 Å². The third-order valence-corrected chi connectivity index (χ3v) is 4.93. The van der Waals surface area contributed by atoms with E-state index < -0.39 is 0 Å². The number of rotatable bonds is 3. The van der Waals surface area contributed by atoms with Gasteiger partial charge in [-0.05, 0) is 30.0 Å². The van der Waals surface area contributed by atoms with Gasteiger partial charge >= 0.3 is 0 Å². The Balaban J connectivity index is 1.99. The Bertz CT molecular complexity index is 739. The quantitative estimate of drug-likeness (QED) is 0.736. The first-order chi connectivity index (χ1) is 8.78. The lowest BCUT2D eigenvalue weighted by atomic mass is 10.3. The maximum absolute atomic E-state index is 12.2. The van der Waals surface area contributed by atoms with Gasteiger partial charge in [0.05, 0.1) is 18.4 Å². The smallest absolute Gasteiger partial charge is 0.271 e. The van der Waals surface area contributed by atoms with Crippen LogP contribution in [0.5, 0.6) is 0 Å². The van der Waals surface area contributed by atoms with Gasteiger partial charge < -0.3 is 0 Å². The van der Waals surface area contributed by atoms with E-state index in [9.17, 15) is 4.79 Å². The van der Waals surface area contributed by atoms with Crippen molar-refractivity contribution in [2.45, 2.75) is 19.9 Å². The van der Waals surface area contributed by atoms with Crippen LogP contribution in [0.25, 0.3) is 10.2 Å². The Morgan fingerprint density at radius 3 is 2.89 bits per heavy atom. The van der Waals surface area contributed by atoms with Gasteiger partial charge in [0, 0.05) is 9.75 Å². The molecule has 5 heteroatoms. The van der Waals surface area contributed by atoms with Gasteiger partial charge in [0.1, 0.15) is 4.70 Å². The topological polar surface area (TPSA) is 34.9 Å². The first-order valence-corrected chi connectivity index (χ1v) is 7.48. The van der Waals surface area contributed by atoms with E-state index >= 15 is 0 Å². The number of thiophene rings is 2. The first kappa shape index (κ1) is 11.6. The lowest BCUT2D eigenvalue weighted by molar-refractivity contribution is 0.760. The fraction of sp³-hybridized carbons (Fsp3) is 0.231. The molecule has 0 saturated heterocycles. The van der Waals surface area contributed by atoms with E-state index in [1.807, 2.05) is 11.4 Å². The first-order valence-electron chi connectivity index (χ1n) is 5.78. The van der Waals surface area contributed by atoms with Crippen molar-refractivity contribution in [3.8, 4) is 0 Å². The molecule has 3 aromatic heterocycles. The van der Waals surface area contributed by atoms with Crippen LogP contribution >= 0.6 is 22.7 Å². The minimum absolute atomic E-state index is 0.0569. The Morgan fingerprint density at radius 1 is 1.28 bits per heavy atom. The molecule has 0 atom stereocenters. The highest BCUT2D eigenvalue weighted by atomic mass is 32.1. The van der Waals surface area contributed by atoms with Gasteiger partial charge in [0.2, 0.25) is 0 Å². The molecule has 0 N–H and O–H groups in total. The molecule has 18 heavy (non-hydrogen) atoms. The van der Waals surface area contributed by atoms with Crippen molar-refractivity contribution in [3.05, 3.63) is 50.0 Å². The van der Waals surface area contributed by atoms with E-state index in [0.29, 0.717) is 6.54 Å². The Morgan fingerprint density at radius 2 is 2.11 bits per heavy atom. The monoisotopic (exact) mass is 276 g/mol. The van der Waals surface area contributed by atoms with Crippen molar-refractivity contribution in [1.82, 2.24) is 9.55 Å². The third kappa shape index (κ3) is 2.00. The highest BCUT2D eigenvalue weighted by Gasteiger charge is 2.06. The van der Waals surface area contributed by atoms with Crippen LogP contribution < -0.4 is 5.56 Å². The maximum Gasteiger partial charge on any atom is 0.271 e. The zero-order valence-electron chi connectivity index (χ0n) is 9.92. The average molecular weight is 276 g/mol. The minimum atomic E-state index is 0.0569. The molecule has 3 aromatic rings. The van der Waals surface area contributed by atoms with E-state index in [2.05, 4.69) is 24.0 Å². The molecule has 92 valence electrons. The number of fused-ring (bicyclic) bond motifs is 1. The van der Waals surface area contributed by atoms with Crippen LogP contribution in [-0.4, -0.2) is 9.55 Å². The van der Waals surface area contributed by atoms with Crippen molar-refractivity contribution >= 4 is 32.9 Å². The zero-order chi connectivity index (χ0) is 12.5. The summed E-state index contributed by atoms with van der Waals surface area (Å²) < 4.78 is 2.43. The summed E-state index contributed by atoms with van der Waals surface area (Å²) in [7, 11) is 0. The van der Waals surface area contributed by atoms with Crippen LogP contribution in [0.1, 0.15) is 16.7 Å². The summed E-state index contributed by atoms with van der Waals surface area (Å²) in [5.41, 5.74) is 0.850. The summed E-state index contributed by atoms with van der Waals surface area (Å²) in [5, 5.41) is 1.91. The molecule has 0 aromatic carbocycles. The zero-order valence-corrected chi connectivity index (χ0v) is 11.6. The lowest BCUT2D eigenvalue weighted by Gasteiger charge is -2.02. The van der Waals surface area contributed by atoms with Crippen molar-refractivity contribution in [3.63, 3.8) is 0 Å². The lowest BCUT2D eigenvalue weighted by Crippen LogP contribution is -2.19. The van der Waals surface area contributed by atoms with Crippen LogP contribution in [0.2, 0.25) is 0 Å². The number of nitrogens with zero attached hydrogens (tertiary/aromatic N) is 2. The number of hydrogen-bond acceptors (Lipinski definition) is 4. The highest BCUT2D eigenvalue weighted by molar-refractivity contribution is 7.17. The SMILES string of the molecule is CCc1ccc(Cn2cnc3ccsc3c2=O)s1. The predicted octanol–water partition coefficient (Wildman–Crippen LogP) is 3.13. The molecule has 0 radical (unpaired) electrons. The fourth-order valence-electron chi connectivity index (χ4n) is 1.86. The van der Waals surface area contributed by atoms with Gasteiger partial charge in [-0.15, -0.1) is 22.7 Å². The van der Waals surface area contributed by atoms with Gasteiger partial charge in [-0.2, -0.15) is 0 Å². The standard InChI is InChI=1S/C13H12N2OS2/c1-2-9-3-4-10(18-9)7-15-8-14-11-5-6-17-12(11)13(15)16/h3-6,8H,2,7H2,1H3. The van der Waals surface area contributed by atoms with Crippen molar-refractivity contribution in [2.24, 2.45) is 0 Å². The second-order valence-corrected chi connectivity index (χ2v) is 6.20. The van der Waals surface area contributed by atoms with Gasteiger partial charge in [-0.3, -0.25) is 9.36 Å². The fourth-order valence-corrected chi connectivity index (χ4v) is 3.61. The summed E-state index contributed by atoms with van der Waals surface area (Å²) in [6, 6.07) is 6.10. The second-order valence-electron chi connectivity index (χ2n) is 4.03. The second kappa shape index (κ2) is 4.66. The van der Waals surface area contributed by atoms with E-state index in [1.54, 1.807) is 22.2 Å². The van der Waals surface area contributed by atoms with Crippen LogP contribution in [0, 0.1) is 0 Å². The number of aryl methyl sites for hydroxylation is 1. The van der Waals surface area contributed by atoms with Gasteiger partial charge in [-0.1, -0.05) is 6.92 Å². The average Bonchev–Trinajstić information content (AvgIpc) is 3.01. The number of aromatic nitrogens is 2. The molecule has 3 rings (SSSR count). The minimum Gasteiger partial charge on any atom is -0.293 e. The summed E-state index contributed by atoms with van der Waals surface area (Å²) in [5.74, 6) is 0. The maximum atomic E-state index is 12.2. The van der Waals surface area contributed by atoms with Crippen molar-refractivity contribution < 1.29 is 0 Å². The molecule has 0 bridgehead atoms. The third-order valence-electron chi connectivity index (χ3n) is 2.83. The molecule has 0 amide bonds. The molecular formula is C13H12N2OS2. The highest BCUT2D eigenvalue weighted by Crippen LogP contribution is 2.18. The van der Waals surface area contributed by atoms with Crippen molar-refractivity contribution in [2.75, 3.05) is 0 Å². The van der Waals surface area contributed by atoms with E-state index in [0.717, 1.165) is 16.6 Å². The number of hydrogen-bond donors (Lipinski definition) is 0. The molecule has 0 fully saturated rings.